The van der Waals surface area contributed by atoms with Crippen molar-refractivity contribution in [3.63, 3.8) is 0 Å². The molecular formula is C13H18N2O5. The number of nitro groups is 1. The zero-order valence-electron chi connectivity index (χ0n) is 11.2. The van der Waals surface area contributed by atoms with Gasteiger partial charge in [0.2, 0.25) is 0 Å². The van der Waals surface area contributed by atoms with E-state index in [2.05, 4.69) is 5.32 Å². The summed E-state index contributed by atoms with van der Waals surface area (Å²) in [5.41, 5.74) is -0.372. The Hall–Kier alpha value is -2.15. The fourth-order valence-corrected chi connectivity index (χ4v) is 1.94. The van der Waals surface area contributed by atoms with Crippen molar-refractivity contribution in [2.75, 3.05) is 18.5 Å². The van der Waals surface area contributed by atoms with Gasteiger partial charge < -0.3 is 15.5 Å². The quantitative estimate of drug-likeness (QED) is 0.497. The number of hydrogen-bond donors (Lipinski definition) is 3. The van der Waals surface area contributed by atoms with E-state index in [1.807, 2.05) is 6.92 Å². The second-order valence-corrected chi connectivity index (χ2v) is 4.43. The number of nitrogens with one attached hydrogen (secondary N) is 1. The Bertz CT molecular complexity index is 457. The molecule has 0 aliphatic rings. The van der Waals surface area contributed by atoms with Crippen LogP contribution in [0.5, 0.6) is 0 Å². The highest BCUT2D eigenvalue weighted by atomic mass is 16.6. The molecule has 0 amide bonds. The van der Waals surface area contributed by atoms with Crippen LogP contribution >= 0.6 is 0 Å². The third kappa shape index (κ3) is 3.92. The van der Waals surface area contributed by atoms with Gasteiger partial charge in [-0.25, -0.2) is 4.79 Å². The maximum absolute atomic E-state index is 11.1. The van der Waals surface area contributed by atoms with Gasteiger partial charge in [0, 0.05) is 19.2 Å². The highest BCUT2D eigenvalue weighted by Crippen LogP contribution is 2.28. The fraction of sp³-hybridized carbons (Fsp3) is 0.462. The zero-order valence-corrected chi connectivity index (χ0v) is 11.2. The van der Waals surface area contributed by atoms with Crippen molar-refractivity contribution in [2.24, 2.45) is 5.92 Å². The molecule has 1 aromatic rings. The van der Waals surface area contributed by atoms with E-state index in [1.165, 1.54) is 18.2 Å². The van der Waals surface area contributed by atoms with E-state index < -0.39 is 10.9 Å². The molecule has 0 aromatic heterocycles. The highest BCUT2D eigenvalue weighted by Gasteiger charge is 2.21. The van der Waals surface area contributed by atoms with Gasteiger partial charge in [0.1, 0.15) is 5.69 Å². The molecule has 7 nitrogen and oxygen atoms in total. The van der Waals surface area contributed by atoms with Gasteiger partial charge in [-0.3, -0.25) is 10.1 Å². The summed E-state index contributed by atoms with van der Waals surface area (Å²) in [6.07, 6.45) is 1.35. The van der Waals surface area contributed by atoms with Gasteiger partial charge in [-0.2, -0.15) is 0 Å². The second kappa shape index (κ2) is 7.44. The van der Waals surface area contributed by atoms with Gasteiger partial charge >= 0.3 is 5.97 Å². The van der Waals surface area contributed by atoms with Gasteiger partial charge in [0.25, 0.3) is 5.69 Å². The lowest BCUT2D eigenvalue weighted by Gasteiger charge is -2.16. The van der Waals surface area contributed by atoms with E-state index >= 15 is 0 Å². The second-order valence-electron chi connectivity index (χ2n) is 4.43. The molecule has 110 valence electrons. The first kappa shape index (κ1) is 15.9. The number of nitro benzene ring substituents is 1. The largest absolute Gasteiger partial charge is 0.478 e. The molecule has 20 heavy (non-hydrogen) atoms. The molecule has 0 saturated carbocycles. The van der Waals surface area contributed by atoms with Crippen LogP contribution in [0.2, 0.25) is 0 Å². The number of carboxylic acid groups (broad SMARTS) is 1. The Labute approximate surface area is 116 Å². The maximum atomic E-state index is 11.1. The molecule has 0 aliphatic carbocycles. The van der Waals surface area contributed by atoms with Crippen LogP contribution in [0.15, 0.2) is 18.2 Å². The number of benzene rings is 1. The summed E-state index contributed by atoms with van der Waals surface area (Å²) >= 11 is 0. The first-order valence-electron chi connectivity index (χ1n) is 6.36. The molecule has 0 fully saturated rings. The van der Waals surface area contributed by atoms with Crippen molar-refractivity contribution >= 4 is 17.3 Å². The van der Waals surface area contributed by atoms with Gasteiger partial charge in [-0.05, 0) is 18.4 Å². The van der Waals surface area contributed by atoms with Crippen molar-refractivity contribution < 1.29 is 19.9 Å². The molecule has 3 N–H and O–H groups in total. The molecule has 0 radical (unpaired) electrons. The van der Waals surface area contributed by atoms with E-state index in [1.54, 1.807) is 0 Å². The number of aromatic carboxylic acids is 1. The summed E-state index contributed by atoms with van der Waals surface area (Å²) in [7, 11) is 0. The molecule has 1 rings (SSSR count). The summed E-state index contributed by atoms with van der Waals surface area (Å²) < 4.78 is 0. The number of nitrogens with zero attached hydrogens (tertiary/aromatic N) is 1. The monoisotopic (exact) mass is 282 g/mol. The van der Waals surface area contributed by atoms with Crippen molar-refractivity contribution in [3.05, 3.63) is 33.9 Å². The summed E-state index contributed by atoms with van der Waals surface area (Å²) in [6, 6.07) is 3.93. The van der Waals surface area contributed by atoms with Gasteiger partial charge in [0.05, 0.1) is 10.5 Å². The average molecular weight is 282 g/mol. The Kier molecular flexibility index (Phi) is 5.92. The summed E-state index contributed by atoms with van der Waals surface area (Å²) in [4.78, 5) is 21.5. The van der Waals surface area contributed by atoms with E-state index in [-0.39, 0.29) is 29.5 Å². The van der Waals surface area contributed by atoms with Crippen molar-refractivity contribution in [2.45, 2.75) is 19.8 Å². The molecule has 0 saturated heterocycles. The first-order chi connectivity index (χ1) is 9.51. The summed E-state index contributed by atoms with van der Waals surface area (Å²) in [5, 5.41) is 31.8. The zero-order chi connectivity index (χ0) is 15.1. The lowest BCUT2D eigenvalue weighted by molar-refractivity contribution is -0.384. The topological polar surface area (TPSA) is 113 Å². The lowest BCUT2D eigenvalue weighted by atomic mass is 10.0. The van der Waals surface area contributed by atoms with Crippen LogP contribution in [0.4, 0.5) is 11.4 Å². The number of anilines is 1. The van der Waals surface area contributed by atoms with E-state index in [0.29, 0.717) is 13.0 Å². The van der Waals surface area contributed by atoms with Crippen LogP contribution in [-0.4, -0.2) is 34.3 Å². The predicted molar refractivity (Wildman–Crippen MR) is 74.0 cm³/mol. The minimum atomic E-state index is -1.22. The summed E-state index contributed by atoms with van der Waals surface area (Å²) in [5.74, 6) is -1.09. The van der Waals surface area contributed by atoms with Gasteiger partial charge in [-0.15, -0.1) is 0 Å². The minimum absolute atomic E-state index is 0.0152. The molecule has 1 aromatic carbocycles. The number of carboxylic acids is 1. The normalized spacial score (nSPS) is 11.9. The van der Waals surface area contributed by atoms with E-state index in [9.17, 15) is 14.9 Å². The molecular weight excluding hydrogens is 264 g/mol. The van der Waals surface area contributed by atoms with Crippen LogP contribution in [0.25, 0.3) is 0 Å². The number of para-hydroxylation sites is 1. The summed E-state index contributed by atoms with van der Waals surface area (Å²) in [6.45, 7) is 2.35. The van der Waals surface area contributed by atoms with Gasteiger partial charge in [0.15, 0.2) is 0 Å². The smallest absolute Gasteiger partial charge is 0.338 e. The van der Waals surface area contributed by atoms with Crippen molar-refractivity contribution in [3.8, 4) is 0 Å². The van der Waals surface area contributed by atoms with Crippen LogP contribution in [0.1, 0.15) is 30.1 Å². The lowest BCUT2D eigenvalue weighted by Crippen LogP contribution is -2.17. The highest BCUT2D eigenvalue weighted by molar-refractivity contribution is 5.96. The third-order valence-corrected chi connectivity index (χ3v) is 3.15. The number of aliphatic hydroxyl groups excluding tert-OH is 1. The molecule has 0 bridgehead atoms. The van der Waals surface area contributed by atoms with Crippen LogP contribution in [0, 0.1) is 16.0 Å². The Balaban J connectivity index is 3.01. The van der Waals surface area contributed by atoms with Crippen LogP contribution in [-0.2, 0) is 0 Å². The number of aliphatic hydroxyl groups is 1. The molecule has 1 atom stereocenters. The SMILES string of the molecule is CCC(CCO)CNc1c(C(=O)O)cccc1[N+](=O)[O-]. The van der Waals surface area contributed by atoms with Crippen LogP contribution in [0.3, 0.4) is 0 Å². The third-order valence-electron chi connectivity index (χ3n) is 3.15. The Morgan fingerprint density at radius 2 is 2.20 bits per heavy atom. The Morgan fingerprint density at radius 3 is 2.70 bits per heavy atom. The number of rotatable bonds is 8. The van der Waals surface area contributed by atoms with E-state index in [0.717, 1.165) is 6.42 Å². The Morgan fingerprint density at radius 1 is 1.50 bits per heavy atom. The minimum Gasteiger partial charge on any atom is -0.478 e. The molecule has 0 heterocycles. The average Bonchev–Trinajstić information content (AvgIpc) is 2.42. The predicted octanol–water partition coefficient (Wildman–Crippen LogP) is 2.11. The van der Waals surface area contributed by atoms with Crippen molar-refractivity contribution in [1.29, 1.82) is 0 Å². The molecule has 7 heteroatoms. The van der Waals surface area contributed by atoms with E-state index in [4.69, 9.17) is 10.2 Å². The molecule has 1 unspecified atom stereocenters. The molecule has 0 spiro atoms. The number of carbonyl (C=O) groups is 1. The molecule has 0 aliphatic heterocycles. The first-order valence-corrected chi connectivity index (χ1v) is 6.36. The van der Waals surface area contributed by atoms with Crippen molar-refractivity contribution in [1.82, 2.24) is 0 Å². The standard InChI is InChI=1S/C13H18N2O5/c1-2-9(6-7-16)8-14-12-10(13(17)18)4-3-5-11(12)15(19)20/h3-5,9,14,16H,2,6-8H2,1H3,(H,17,18). The number of hydrogen-bond acceptors (Lipinski definition) is 5. The fourth-order valence-electron chi connectivity index (χ4n) is 1.94. The maximum Gasteiger partial charge on any atom is 0.338 e. The van der Waals surface area contributed by atoms with Crippen LogP contribution < -0.4 is 5.32 Å². The van der Waals surface area contributed by atoms with Gasteiger partial charge in [-0.1, -0.05) is 19.4 Å².